The van der Waals surface area contributed by atoms with Crippen molar-refractivity contribution in [3.8, 4) is 0 Å². The molecule has 1 aliphatic heterocycles. The lowest BCUT2D eigenvalue weighted by molar-refractivity contribution is -0.419. The van der Waals surface area contributed by atoms with Gasteiger partial charge in [0, 0.05) is 18.7 Å². The van der Waals surface area contributed by atoms with Crippen LogP contribution in [-0.4, -0.2) is 42.0 Å². The van der Waals surface area contributed by atoms with E-state index in [0.29, 0.717) is 24.6 Å². The van der Waals surface area contributed by atoms with Gasteiger partial charge in [0.25, 0.3) is 5.70 Å². The molecule has 1 heterocycles. The summed E-state index contributed by atoms with van der Waals surface area (Å²) in [5, 5.41) is 15.4. The summed E-state index contributed by atoms with van der Waals surface area (Å²) in [6.45, 7) is 7.35. The summed E-state index contributed by atoms with van der Waals surface area (Å²) in [5.41, 5.74) is 3.63. The van der Waals surface area contributed by atoms with E-state index in [0.717, 1.165) is 19.4 Å². The summed E-state index contributed by atoms with van der Waals surface area (Å²) < 4.78 is 0. The molecule has 116 valence electrons. The molecule has 0 aromatic carbocycles. The molecule has 0 radical (unpaired) electrons. The fourth-order valence-electron chi connectivity index (χ4n) is 2.03. The first kappa shape index (κ1) is 17.1. The maximum atomic E-state index is 11.0. The van der Waals surface area contributed by atoms with E-state index in [4.69, 9.17) is 0 Å². The van der Waals surface area contributed by atoms with Gasteiger partial charge in [0.05, 0.1) is 11.5 Å². The minimum atomic E-state index is -0.467. The first-order valence-electron chi connectivity index (χ1n) is 6.92. The second kappa shape index (κ2) is 9.04. The average Bonchev–Trinajstić information content (AvgIpc) is 2.97. The highest BCUT2D eigenvalue weighted by Crippen LogP contribution is 2.05. The lowest BCUT2D eigenvalue weighted by atomic mass is 10.2. The van der Waals surface area contributed by atoms with Gasteiger partial charge in [-0.3, -0.25) is 19.9 Å². The molecule has 7 nitrogen and oxygen atoms in total. The number of nitrogens with zero attached hydrogens (tertiary/aromatic N) is 2. The first-order chi connectivity index (χ1) is 10.1. The van der Waals surface area contributed by atoms with Gasteiger partial charge in [0.2, 0.25) is 6.41 Å². The normalized spacial score (nSPS) is 18.9. The third-order valence-corrected chi connectivity index (χ3v) is 3.20. The number of carbonyl (C=O) groups is 1. The molecule has 0 saturated carbocycles. The number of carbonyl (C=O) groups excluding carboxylic acids is 1. The van der Waals surface area contributed by atoms with Crippen molar-refractivity contribution in [2.75, 3.05) is 19.6 Å². The van der Waals surface area contributed by atoms with Crippen LogP contribution in [0.4, 0.5) is 0 Å². The largest absolute Gasteiger partial charge is 0.313 e. The minimum Gasteiger partial charge on any atom is -0.313 e. The number of hydrogen-bond donors (Lipinski definition) is 2. The predicted molar refractivity (Wildman–Crippen MR) is 80.8 cm³/mol. The highest BCUT2D eigenvalue weighted by molar-refractivity contribution is 5.47. The molecule has 7 heteroatoms. The van der Waals surface area contributed by atoms with Crippen LogP contribution in [0.2, 0.25) is 0 Å². The van der Waals surface area contributed by atoms with Crippen molar-refractivity contribution in [3.05, 3.63) is 46.2 Å². The number of amides is 1. The molecular formula is C14H22N4O3. The topological polar surface area (TPSA) is 87.5 Å². The molecular weight excluding hydrogens is 272 g/mol. The standard InChI is InChI=1S/C14H22N4O3/c1-3-14(18(20)21)7-6-12(2)10-17(11-19)16-9-13-5-4-8-15-13/h3,6-7,11,13,15-16H,2,4-5,8-10H2,1H3/b7-6-,14-3?. The van der Waals surface area contributed by atoms with Crippen molar-refractivity contribution in [2.24, 2.45) is 0 Å². The third kappa shape index (κ3) is 6.33. The lowest BCUT2D eigenvalue weighted by Gasteiger charge is -2.21. The molecule has 1 amide bonds. The van der Waals surface area contributed by atoms with E-state index in [2.05, 4.69) is 17.3 Å². The van der Waals surface area contributed by atoms with Crippen LogP contribution in [0.5, 0.6) is 0 Å². The van der Waals surface area contributed by atoms with E-state index in [1.807, 2.05) is 0 Å². The van der Waals surface area contributed by atoms with Crippen LogP contribution in [0, 0.1) is 10.1 Å². The molecule has 1 saturated heterocycles. The molecule has 0 bridgehead atoms. The van der Waals surface area contributed by atoms with Crippen LogP contribution in [0.25, 0.3) is 0 Å². The summed E-state index contributed by atoms with van der Waals surface area (Å²) in [4.78, 5) is 21.2. The number of nitro groups is 1. The van der Waals surface area contributed by atoms with Crippen LogP contribution in [0.15, 0.2) is 36.1 Å². The zero-order valence-corrected chi connectivity index (χ0v) is 12.2. The monoisotopic (exact) mass is 294 g/mol. The van der Waals surface area contributed by atoms with E-state index in [9.17, 15) is 14.9 Å². The summed E-state index contributed by atoms with van der Waals surface area (Å²) >= 11 is 0. The Labute approximate surface area is 124 Å². The second-order valence-corrected chi connectivity index (χ2v) is 4.85. The first-order valence-corrected chi connectivity index (χ1v) is 6.92. The van der Waals surface area contributed by atoms with Gasteiger partial charge in [-0.25, -0.2) is 5.43 Å². The highest BCUT2D eigenvalue weighted by Gasteiger charge is 2.14. The van der Waals surface area contributed by atoms with Crippen molar-refractivity contribution in [1.29, 1.82) is 0 Å². The number of nitrogens with one attached hydrogen (secondary N) is 2. The van der Waals surface area contributed by atoms with Gasteiger partial charge in [0.15, 0.2) is 0 Å². The zero-order valence-electron chi connectivity index (χ0n) is 12.2. The number of hydrazine groups is 1. The average molecular weight is 294 g/mol. The van der Waals surface area contributed by atoms with Crippen LogP contribution in [0.3, 0.4) is 0 Å². The molecule has 0 aliphatic carbocycles. The highest BCUT2D eigenvalue weighted by atomic mass is 16.6. The second-order valence-electron chi connectivity index (χ2n) is 4.85. The zero-order chi connectivity index (χ0) is 15.7. The third-order valence-electron chi connectivity index (χ3n) is 3.20. The Balaban J connectivity index is 2.41. The van der Waals surface area contributed by atoms with E-state index in [1.165, 1.54) is 17.2 Å². The molecule has 1 unspecified atom stereocenters. The van der Waals surface area contributed by atoms with Crippen molar-refractivity contribution in [2.45, 2.75) is 25.8 Å². The van der Waals surface area contributed by atoms with Gasteiger partial charge in [-0.15, -0.1) is 0 Å². The van der Waals surface area contributed by atoms with Crippen molar-refractivity contribution >= 4 is 6.41 Å². The molecule has 1 aliphatic rings. The Kier molecular flexibility index (Phi) is 7.34. The van der Waals surface area contributed by atoms with Gasteiger partial charge < -0.3 is 5.32 Å². The van der Waals surface area contributed by atoms with E-state index < -0.39 is 4.92 Å². The number of hydrogen-bond acceptors (Lipinski definition) is 5. The Morgan fingerprint density at radius 1 is 1.57 bits per heavy atom. The Morgan fingerprint density at radius 2 is 2.33 bits per heavy atom. The Morgan fingerprint density at radius 3 is 2.86 bits per heavy atom. The van der Waals surface area contributed by atoms with Gasteiger partial charge >= 0.3 is 0 Å². The number of rotatable bonds is 9. The fraction of sp³-hybridized carbons (Fsp3) is 0.500. The maximum absolute atomic E-state index is 11.0. The molecule has 0 aromatic rings. The minimum absolute atomic E-state index is 0.00285. The van der Waals surface area contributed by atoms with Gasteiger partial charge in [0.1, 0.15) is 0 Å². The number of allylic oxidation sites excluding steroid dienone is 2. The molecule has 1 rings (SSSR count). The van der Waals surface area contributed by atoms with Crippen molar-refractivity contribution < 1.29 is 9.72 Å². The van der Waals surface area contributed by atoms with Crippen molar-refractivity contribution in [3.63, 3.8) is 0 Å². The molecule has 1 fully saturated rings. The smallest absolute Gasteiger partial charge is 0.265 e. The lowest BCUT2D eigenvalue weighted by Crippen LogP contribution is -2.44. The van der Waals surface area contributed by atoms with E-state index >= 15 is 0 Å². The van der Waals surface area contributed by atoms with Crippen LogP contribution >= 0.6 is 0 Å². The summed E-state index contributed by atoms with van der Waals surface area (Å²) in [6, 6.07) is 0.375. The van der Waals surface area contributed by atoms with Crippen LogP contribution in [-0.2, 0) is 4.79 Å². The fourth-order valence-corrected chi connectivity index (χ4v) is 2.03. The van der Waals surface area contributed by atoms with Gasteiger partial charge in [-0.05, 0) is 38.0 Å². The summed E-state index contributed by atoms with van der Waals surface area (Å²) in [5.74, 6) is 0. The molecule has 1 atom stereocenters. The SMILES string of the molecule is C=C(/C=C\C(=CC)[N+](=O)[O-])CN(C=O)NCC1CCCN1. The van der Waals surface area contributed by atoms with Gasteiger partial charge in [-0.2, -0.15) is 0 Å². The van der Waals surface area contributed by atoms with Crippen LogP contribution < -0.4 is 10.7 Å². The maximum Gasteiger partial charge on any atom is 0.265 e. The molecule has 2 N–H and O–H groups in total. The summed E-state index contributed by atoms with van der Waals surface area (Å²) in [6.07, 6.45) is 7.27. The van der Waals surface area contributed by atoms with E-state index in [-0.39, 0.29) is 12.2 Å². The van der Waals surface area contributed by atoms with Crippen molar-refractivity contribution in [1.82, 2.24) is 15.8 Å². The van der Waals surface area contributed by atoms with E-state index in [1.54, 1.807) is 13.0 Å². The quantitative estimate of drug-likeness (QED) is 0.287. The molecule has 0 spiro atoms. The molecule has 0 aromatic heterocycles. The van der Waals surface area contributed by atoms with Crippen LogP contribution in [0.1, 0.15) is 19.8 Å². The Hall–Kier alpha value is -1.99. The molecule has 21 heavy (non-hydrogen) atoms. The predicted octanol–water partition coefficient (Wildman–Crippen LogP) is 0.994. The van der Waals surface area contributed by atoms with Gasteiger partial charge in [-0.1, -0.05) is 12.7 Å². The summed E-state index contributed by atoms with van der Waals surface area (Å²) in [7, 11) is 0. The Bertz CT molecular complexity index is 440.